The summed E-state index contributed by atoms with van der Waals surface area (Å²) in [4.78, 5) is 8.99. The number of rotatable bonds is 6. The maximum atomic E-state index is 12.3. The van der Waals surface area contributed by atoms with Gasteiger partial charge in [0.25, 0.3) is 0 Å². The molecule has 0 spiro atoms. The summed E-state index contributed by atoms with van der Waals surface area (Å²) in [6.45, 7) is 0. The second-order valence-electron chi connectivity index (χ2n) is 8.09. The van der Waals surface area contributed by atoms with Crippen LogP contribution in [0.5, 0.6) is 11.6 Å². The summed E-state index contributed by atoms with van der Waals surface area (Å²) in [7, 11) is 3.21. The molecule has 1 N–H and O–H groups in total. The highest BCUT2D eigenvalue weighted by Gasteiger charge is 2.35. The number of hydrogen-bond donors (Lipinski definition) is 1. The van der Waals surface area contributed by atoms with Crippen LogP contribution in [0.4, 0.5) is 0 Å². The van der Waals surface area contributed by atoms with Gasteiger partial charge in [-0.2, -0.15) is 0 Å². The zero-order valence-electron chi connectivity index (χ0n) is 19.3. The molecule has 0 aliphatic rings. The van der Waals surface area contributed by atoms with Crippen LogP contribution < -0.4 is 9.47 Å². The van der Waals surface area contributed by atoms with Crippen LogP contribution in [-0.2, 0) is 5.60 Å². The van der Waals surface area contributed by atoms with Crippen LogP contribution in [-0.4, -0.2) is 29.3 Å². The fourth-order valence-corrected chi connectivity index (χ4v) is 4.64. The minimum absolute atomic E-state index is 0.464. The molecule has 1 unspecified atom stereocenters. The maximum absolute atomic E-state index is 12.3. The molecule has 35 heavy (non-hydrogen) atoms. The van der Waals surface area contributed by atoms with Crippen LogP contribution in [0.2, 0.25) is 5.02 Å². The Kier molecular flexibility index (Phi) is 6.12. The van der Waals surface area contributed by atoms with Gasteiger partial charge in [0.05, 0.1) is 25.3 Å². The molecule has 174 valence electrons. The lowest BCUT2D eigenvalue weighted by Gasteiger charge is -2.30. The third kappa shape index (κ3) is 3.99. The van der Waals surface area contributed by atoms with Gasteiger partial charge in [-0.3, -0.25) is 4.98 Å². The molecule has 0 fully saturated rings. The lowest BCUT2D eigenvalue weighted by Crippen LogP contribution is -2.29. The number of aliphatic hydroxyl groups is 1. The SMILES string of the molecule is COc1nc2ccc(C(O)(c3cccnc3)c3cccc(Cl)c3)cc2c(OC)c1-c1ccccc1. The van der Waals surface area contributed by atoms with Crippen LogP contribution >= 0.6 is 11.6 Å². The second-order valence-corrected chi connectivity index (χ2v) is 8.53. The molecule has 2 heterocycles. The Hall–Kier alpha value is -3.93. The van der Waals surface area contributed by atoms with Crippen LogP contribution in [0.1, 0.15) is 16.7 Å². The average Bonchev–Trinajstić information content (AvgIpc) is 2.92. The van der Waals surface area contributed by atoms with Crippen LogP contribution in [0.15, 0.2) is 97.3 Å². The van der Waals surface area contributed by atoms with Gasteiger partial charge in [-0.1, -0.05) is 66.2 Å². The smallest absolute Gasteiger partial charge is 0.225 e. The number of halogens is 1. The molecule has 5 rings (SSSR count). The Morgan fingerprint density at radius 3 is 2.26 bits per heavy atom. The van der Waals surface area contributed by atoms with Crippen molar-refractivity contribution in [1.29, 1.82) is 0 Å². The molecule has 5 aromatic rings. The highest BCUT2D eigenvalue weighted by atomic mass is 35.5. The van der Waals surface area contributed by atoms with E-state index in [9.17, 15) is 5.11 Å². The molecular weight excluding hydrogens is 460 g/mol. The van der Waals surface area contributed by atoms with E-state index in [2.05, 4.69) is 4.98 Å². The van der Waals surface area contributed by atoms with Crippen LogP contribution in [0.25, 0.3) is 22.0 Å². The van der Waals surface area contributed by atoms with Gasteiger partial charge in [0.1, 0.15) is 11.4 Å². The topological polar surface area (TPSA) is 64.5 Å². The molecule has 2 aromatic heterocycles. The first-order valence-electron chi connectivity index (χ1n) is 11.1. The van der Waals surface area contributed by atoms with Crippen molar-refractivity contribution in [3.8, 4) is 22.8 Å². The Bertz CT molecular complexity index is 1490. The van der Waals surface area contributed by atoms with Gasteiger partial charge in [0, 0.05) is 28.4 Å². The first kappa shape index (κ1) is 22.8. The highest BCUT2D eigenvalue weighted by Crippen LogP contribution is 2.44. The van der Waals surface area contributed by atoms with E-state index in [0.717, 1.165) is 16.5 Å². The van der Waals surface area contributed by atoms with Gasteiger partial charge in [-0.05, 0) is 47.0 Å². The molecule has 0 saturated heterocycles. The number of nitrogens with zero attached hydrogens (tertiary/aromatic N) is 2. The Morgan fingerprint density at radius 1 is 0.800 bits per heavy atom. The average molecular weight is 483 g/mol. The Labute approximate surface area is 208 Å². The van der Waals surface area contributed by atoms with Crippen molar-refractivity contribution in [3.05, 3.63) is 119 Å². The van der Waals surface area contributed by atoms with Crippen molar-refractivity contribution >= 4 is 22.5 Å². The van der Waals surface area contributed by atoms with E-state index in [-0.39, 0.29) is 0 Å². The predicted molar refractivity (Wildman–Crippen MR) is 138 cm³/mol. The lowest BCUT2D eigenvalue weighted by molar-refractivity contribution is 0.125. The predicted octanol–water partition coefficient (Wildman–Crippen LogP) is 6.25. The molecular formula is C29H23ClN2O3. The number of aromatic nitrogens is 2. The van der Waals surface area contributed by atoms with Crippen LogP contribution in [0, 0.1) is 0 Å². The summed E-state index contributed by atoms with van der Waals surface area (Å²) in [5.41, 5.74) is 2.70. The van der Waals surface area contributed by atoms with Gasteiger partial charge in [-0.25, -0.2) is 4.98 Å². The standard InChI is InChI=1S/C29H23ClN2O3/c1-34-27-24-17-21(13-14-25(24)32-28(35-2)26(27)19-8-4-3-5-9-19)29(33,22-11-7-15-31-18-22)20-10-6-12-23(30)16-20/h3-18,33H,1-2H3. The third-order valence-corrected chi connectivity index (χ3v) is 6.34. The highest BCUT2D eigenvalue weighted by molar-refractivity contribution is 6.30. The summed E-state index contributed by atoms with van der Waals surface area (Å²) in [5, 5.41) is 13.5. The van der Waals surface area contributed by atoms with E-state index < -0.39 is 5.60 Å². The van der Waals surface area contributed by atoms with Crippen molar-refractivity contribution in [1.82, 2.24) is 9.97 Å². The van der Waals surface area contributed by atoms with E-state index in [0.29, 0.717) is 38.9 Å². The monoisotopic (exact) mass is 482 g/mol. The molecule has 6 heteroatoms. The molecule has 0 aliphatic heterocycles. The number of pyridine rings is 2. The molecule has 5 nitrogen and oxygen atoms in total. The number of benzene rings is 3. The normalized spacial score (nSPS) is 12.8. The minimum Gasteiger partial charge on any atom is -0.495 e. The summed E-state index contributed by atoms with van der Waals surface area (Å²) >= 11 is 6.32. The molecule has 0 saturated carbocycles. The van der Waals surface area contributed by atoms with Crippen molar-refractivity contribution < 1.29 is 14.6 Å². The maximum Gasteiger partial charge on any atom is 0.225 e. The first-order valence-corrected chi connectivity index (χ1v) is 11.4. The number of fused-ring (bicyclic) bond motifs is 1. The number of ether oxygens (including phenoxy) is 2. The Balaban J connectivity index is 1.82. The summed E-state index contributed by atoms with van der Waals surface area (Å²) in [6, 6.07) is 26.3. The summed E-state index contributed by atoms with van der Waals surface area (Å²) in [6.07, 6.45) is 3.33. The van der Waals surface area contributed by atoms with E-state index in [1.807, 2.05) is 66.7 Å². The van der Waals surface area contributed by atoms with E-state index in [4.69, 9.17) is 26.1 Å². The molecule has 3 aromatic carbocycles. The largest absolute Gasteiger partial charge is 0.495 e. The molecule has 0 radical (unpaired) electrons. The zero-order valence-corrected chi connectivity index (χ0v) is 20.0. The third-order valence-electron chi connectivity index (χ3n) is 6.10. The number of methoxy groups -OCH3 is 2. The van der Waals surface area contributed by atoms with Gasteiger partial charge >= 0.3 is 0 Å². The lowest BCUT2D eigenvalue weighted by atomic mass is 9.80. The van der Waals surface area contributed by atoms with Crippen molar-refractivity contribution in [2.45, 2.75) is 5.60 Å². The summed E-state index contributed by atoms with van der Waals surface area (Å²) in [5.74, 6) is 1.07. The van der Waals surface area contributed by atoms with Gasteiger partial charge in [0.15, 0.2) is 0 Å². The van der Waals surface area contributed by atoms with Gasteiger partial charge in [0.2, 0.25) is 5.88 Å². The van der Waals surface area contributed by atoms with Gasteiger partial charge < -0.3 is 14.6 Å². The summed E-state index contributed by atoms with van der Waals surface area (Å²) < 4.78 is 11.6. The molecule has 0 bridgehead atoms. The molecule has 0 aliphatic carbocycles. The quantitative estimate of drug-likeness (QED) is 0.310. The van der Waals surface area contributed by atoms with Crippen molar-refractivity contribution in [2.75, 3.05) is 14.2 Å². The molecule has 1 atom stereocenters. The minimum atomic E-state index is -1.51. The van der Waals surface area contributed by atoms with Crippen molar-refractivity contribution in [3.63, 3.8) is 0 Å². The zero-order chi connectivity index (χ0) is 24.4. The first-order chi connectivity index (χ1) is 17.1. The van der Waals surface area contributed by atoms with E-state index in [1.165, 1.54) is 0 Å². The van der Waals surface area contributed by atoms with Crippen molar-refractivity contribution in [2.24, 2.45) is 0 Å². The van der Waals surface area contributed by atoms with Gasteiger partial charge in [-0.15, -0.1) is 0 Å². The van der Waals surface area contributed by atoms with E-state index in [1.54, 1.807) is 44.8 Å². The molecule has 0 amide bonds. The van der Waals surface area contributed by atoms with E-state index >= 15 is 0 Å². The fraction of sp³-hybridized carbons (Fsp3) is 0.103. The Morgan fingerprint density at radius 2 is 1.57 bits per heavy atom. The van der Waals surface area contributed by atoms with Crippen LogP contribution in [0.3, 0.4) is 0 Å². The second kappa shape index (κ2) is 9.37. The number of hydrogen-bond acceptors (Lipinski definition) is 5. The fourth-order valence-electron chi connectivity index (χ4n) is 4.45.